The highest BCUT2D eigenvalue weighted by atomic mass is 16.3. The lowest BCUT2D eigenvalue weighted by Gasteiger charge is -2.09. The van der Waals surface area contributed by atoms with E-state index >= 15 is 0 Å². The van der Waals surface area contributed by atoms with Gasteiger partial charge >= 0.3 is 0 Å². The molecule has 132 valence electrons. The number of nitrogens with zero attached hydrogens (tertiary/aromatic N) is 3. The van der Waals surface area contributed by atoms with Crippen LogP contribution in [0.1, 0.15) is 25.5 Å². The third kappa shape index (κ3) is 2.56. The molecule has 0 fully saturated rings. The molecule has 0 spiro atoms. The second kappa shape index (κ2) is 6.33. The van der Waals surface area contributed by atoms with Gasteiger partial charge in [-0.3, -0.25) is 4.98 Å². The Morgan fingerprint density at radius 2 is 2.04 bits per heavy atom. The van der Waals surface area contributed by atoms with Crippen LogP contribution in [0, 0.1) is 6.92 Å². The van der Waals surface area contributed by atoms with Crippen molar-refractivity contribution in [2.45, 2.75) is 33.2 Å². The topological polar surface area (TPSA) is 77.0 Å². The molecular formula is C21H22N4O. The van der Waals surface area contributed by atoms with Crippen molar-refractivity contribution in [2.24, 2.45) is 0 Å². The van der Waals surface area contributed by atoms with E-state index in [1.54, 1.807) is 0 Å². The Morgan fingerprint density at radius 1 is 1.19 bits per heavy atom. The van der Waals surface area contributed by atoms with Crippen LogP contribution in [0.15, 0.2) is 42.7 Å². The average molecular weight is 346 g/mol. The molecule has 0 aliphatic carbocycles. The van der Waals surface area contributed by atoms with Crippen LogP contribution >= 0.6 is 0 Å². The predicted molar refractivity (Wildman–Crippen MR) is 106 cm³/mol. The van der Waals surface area contributed by atoms with Crippen molar-refractivity contribution < 1.29 is 5.11 Å². The SMILES string of the molecule is CCCCn1cc2nc3c(-c4ccc(C)nc4)cccc3c(N)c2c1O. The summed E-state index contributed by atoms with van der Waals surface area (Å²) in [5.41, 5.74) is 11.5. The minimum atomic E-state index is 0.197. The Kier molecular flexibility index (Phi) is 3.99. The fraction of sp³-hybridized carbons (Fsp3) is 0.238. The lowest BCUT2D eigenvalue weighted by molar-refractivity contribution is 0.418. The normalized spacial score (nSPS) is 11.5. The number of rotatable bonds is 4. The zero-order valence-electron chi connectivity index (χ0n) is 15.0. The molecule has 0 bridgehead atoms. The quantitative estimate of drug-likeness (QED) is 0.564. The van der Waals surface area contributed by atoms with Gasteiger partial charge < -0.3 is 15.4 Å². The number of pyridine rings is 2. The second-order valence-corrected chi connectivity index (χ2v) is 6.68. The number of hydrogen-bond acceptors (Lipinski definition) is 4. The Bertz CT molecular complexity index is 1100. The third-order valence-corrected chi connectivity index (χ3v) is 4.83. The van der Waals surface area contributed by atoms with Gasteiger partial charge in [0.25, 0.3) is 0 Å². The number of unbranched alkanes of at least 4 members (excludes halogenated alkanes) is 1. The molecule has 0 saturated heterocycles. The summed E-state index contributed by atoms with van der Waals surface area (Å²) < 4.78 is 1.84. The second-order valence-electron chi connectivity index (χ2n) is 6.68. The van der Waals surface area contributed by atoms with Crippen molar-refractivity contribution in [1.29, 1.82) is 0 Å². The first-order chi connectivity index (χ1) is 12.6. The van der Waals surface area contributed by atoms with Crippen molar-refractivity contribution in [3.8, 4) is 17.0 Å². The van der Waals surface area contributed by atoms with Crippen LogP contribution in [0.4, 0.5) is 5.69 Å². The lowest BCUT2D eigenvalue weighted by atomic mass is 10.0. The Hall–Kier alpha value is -3.08. The van der Waals surface area contributed by atoms with Crippen molar-refractivity contribution in [3.63, 3.8) is 0 Å². The molecular weight excluding hydrogens is 324 g/mol. The zero-order valence-corrected chi connectivity index (χ0v) is 15.0. The lowest BCUT2D eigenvalue weighted by Crippen LogP contribution is -1.94. The molecule has 1 aromatic carbocycles. The molecule has 4 aromatic rings. The maximum Gasteiger partial charge on any atom is 0.202 e. The number of anilines is 1. The van der Waals surface area contributed by atoms with Gasteiger partial charge in [-0.2, -0.15) is 0 Å². The summed E-state index contributed by atoms with van der Waals surface area (Å²) in [5.74, 6) is 0.197. The van der Waals surface area contributed by atoms with E-state index in [2.05, 4.69) is 11.9 Å². The van der Waals surface area contributed by atoms with Crippen LogP contribution < -0.4 is 5.73 Å². The van der Waals surface area contributed by atoms with Gasteiger partial charge in [0.15, 0.2) is 0 Å². The molecule has 4 rings (SSSR count). The van der Waals surface area contributed by atoms with E-state index in [0.717, 1.165) is 52.6 Å². The number of hydrogen-bond donors (Lipinski definition) is 2. The number of para-hydroxylation sites is 1. The van der Waals surface area contributed by atoms with Gasteiger partial charge in [-0.1, -0.05) is 37.6 Å². The van der Waals surface area contributed by atoms with Gasteiger partial charge in [0.2, 0.25) is 5.88 Å². The maximum absolute atomic E-state index is 10.6. The first-order valence-corrected chi connectivity index (χ1v) is 8.93. The van der Waals surface area contributed by atoms with E-state index in [0.29, 0.717) is 11.1 Å². The molecule has 3 aromatic heterocycles. The number of aromatic nitrogens is 3. The zero-order chi connectivity index (χ0) is 18.3. The Morgan fingerprint density at radius 3 is 2.77 bits per heavy atom. The van der Waals surface area contributed by atoms with E-state index in [9.17, 15) is 5.11 Å². The van der Waals surface area contributed by atoms with Crippen molar-refractivity contribution in [2.75, 3.05) is 5.73 Å². The van der Waals surface area contributed by atoms with Crippen LogP contribution in [-0.2, 0) is 6.54 Å². The van der Waals surface area contributed by atoms with Crippen molar-refractivity contribution in [3.05, 3.63) is 48.4 Å². The first kappa shape index (κ1) is 16.4. The highest BCUT2D eigenvalue weighted by Crippen LogP contribution is 2.38. The summed E-state index contributed by atoms with van der Waals surface area (Å²) in [5, 5.41) is 12.1. The van der Waals surface area contributed by atoms with Crippen molar-refractivity contribution >= 4 is 27.5 Å². The van der Waals surface area contributed by atoms with Gasteiger partial charge in [-0.05, 0) is 19.4 Å². The molecule has 26 heavy (non-hydrogen) atoms. The molecule has 0 atom stereocenters. The van der Waals surface area contributed by atoms with Crippen LogP contribution in [0.25, 0.3) is 32.9 Å². The molecule has 0 saturated carbocycles. The summed E-state index contributed by atoms with van der Waals surface area (Å²) in [4.78, 5) is 9.23. The number of aromatic hydroxyl groups is 1. The molecule has 5 nitrogen and oxygen atoms in total. The molecule has 0 unspecified atom stereocenters. The molecule has 5 heteroatoms. The summed E-state index contributed by atoms with van der Waals surface area (Å²) in [6.07, 6.45) is 5.80. The van der Waals surface area contributed by atoms with Crippen LogP contribution in [0.3, 0.4) is 0 Å². The fourth-order valence-electron chi connectivity index (χ4n) is 3.37. The maximum atomic E-state index is 10.6. The number of benzene rings is 1. The van der Waals surface area contributed by atoms with E-state index in [4.69, 9.17) is 10.7 Å². The standard InChI is InChI=1S/C21H22N4O/c1-3-4-10-25-12-17-18(21(25)26)19(22)16-7-5-6-15(20(16)24-17)14-9-8-13(2)23-11-14/h5-9,11-12,26H,3-4,10,22H2,1-2H3. The van der Waals surface area contributed by atoms with E-state index in [1.165, 1.54) is 0 Å². The van der Waals surface area contributed by atoms with Gasteiger partial charge in [0.05, 0.1) is 22.1 Å². The fourth-order valence-corrected chi connectivity index (χ4v) is 3.37. The van der Waals surface area contributed by atoms with Gasteiger partial charge in [-0.15, -0.1) is 0 Å². The van der Waals surface area contributed by atoms with E-state index < -0.39 is 0 Å². The molecule has 0 aliphatic heterocycles. The number of aryl methyl sites for hydroxylation is 2. The molecule has 3 N–H and O–H groups in total. The summed E-state index contributed by atoms with van der Waals surface area (Å²) in [6, 6.07) is 9.98. The molecule has 0 radical (unpaired) electrons. The predicted octanol–water partition coefficient (Wildman–Crippen LogP) is 4.65. The largest absolute Gasteiger partial charge is 0.494 e. The Labute approximate surface area is 152 Å². The smallest absolute Gasteiger partial charge is 0.202 e. The highest BCUT2D eigenvalue weighted by Gasteiger charge is 2.17. The first-order valence-electron chi connectivity index (χ1n) is 8.93. The van der Waals surface area contributed by atoms with Gasteiger partial charge in [-0.25, -0.2) is 4.98 Å². The van der Waals surface area contributed by atoms with Gasteiger partial charge in [0.1, 0.15) is 0 Å². The highest BCUT2D eigenvalue weighted by molar-refractivity contribution is 6.12. The van der Waals surface area contributed by atoms with Crippen LogP contribution in [-0.4, -0.2) is 19.6 Å². The number of nitrogen functional groups attached to an aromatic ring is 1. The van der Waals surface area contributed by atoms with Crippen LogP contribution in [0.2, 0.25) is 0 Å². The number of fused-ring (bicyclic) bond motifs is 2. The third-order valence-electron chi connectivity index (χ3n) is 4.83. The molecule has 0 amide bonds. The summed E-state index contributed by atoms with van der Waals surface area (Å²) >= 11 is 0. The molecule has 0 aliphatic rings. The average Bonchev–Trinajstić information content (AvgIpc) is 2.96. The minimum Gasteiger partial charge on any atom is -0.494 e. The van der Waals surface area contributed by atoms with Crippen molar-refractivity contribution in [1.82, 2.24) is 14.5 Å². The summed E-state index contributed by atoms with van der Waals surface area (Å²) in [7, 11) is 0. The van der Waals surface area contributed by atoms with E-state index in [-0.39, 0.29) is 5.88 Å². The van der Waals surface area contributed by atoms with Crippen LogP contribution in [0.5, 0.6) is 5.88 Å². The van der Waals surface area contributed by atoms with Gasteiger partial charge in [0, 0.05) is 41.1 Å². The Balaban J connectivity index is 1.98. The summed E-state index contributed by atoms with van der Waals surface area (Å²) in [6.45, 7) is 4.85. The number of nitrogens with two attached hydrogens (primary N) is 1. The monoisotopic (exact) mass is 346 g/mol. The van der Waals surface area contributed by atoms with E-state index in [1.807, 2.05) is 54.2 Å². The molecule has 3 heterocycles. The minimum absolute atomic E-state index is 0.197.